The van der Waals surface area contributed by atoms with Gasteiger partial charge < -0.3 is 5.32 Å². The van der Waals surface area contributed by atoms with E-state index in [1.807, 2.05) is 26.8 Å². The summed E-state index contributed by atoms with van der Waals surface area (Å²) in [5.41, 5.74) is 3.28. The number of benzene rings is 1. The van der Waals surface area contributed by atoms with Crippen LogP contribution in [-0.2, 0) is 0 Å². The van der Waals surface area contributed by atoms with E-state index >= 15 is 0 Å². The molecule has 1 atom stereocenters. The van der Waals surface area contributed by atoms with Crippen LogP contribution in [0, 0.1) is 19.7 Å². The van der Waals surface area contributed by atoms with Crippen molar-refractivity contribution in [1.82, 2.24) is 5.32 Å². The number of thiophene rings is 1. The van der Waals surface area contributed by atoms with E-state index in [0.717, 1.165) is 16.7 Å². The summed E-state index contributed by atoms with van der Waals surface area (Å²) in [6, 6.07) is 5.05. The molecule has 0 bridgehead atoms. The molecule has 2 rings (SSSR count). The van der Waals surface area contributed by atoms with Crippen molar-refractivity contribution < 1.29 is 4.39 Å². The highest BCUT2D eigenvalue weighted by Gasteiger charge is 2.23. The molecule has 5 heteroatoms. The number of nitrogens with one attached hydrogen (secondary N) is 1. The molecule has 0 amide bonds. The molecule has 0 saturated heterocycles. The van der Waals surface area contributed by atoms with Crippen molar-refractivity contribution >= 4 is 34.5 Å². The van der Waals surface area contributed by atoms with E-state index in [2.05, 4.69) is 5.32 Å². The third-order valence-electron chi connectivity index (χ3n) is 3.17. The van der Waals surface area contributed by atoms with Gasteiger partial charge in [-0.25, -0.2) is 4.39 Å². The maximum absolute atomic E-state index is 14.4. The number of rotatable bonds is 4. The van der Waals surface area contributed by atoms with Gasteiger partial charge >= 0.3 is 0 Å². The quantitative estimate of drug-likeness (QED) is 0.778. The summed E-state index contributed by atoms with van der Waals surface area (Å²) in [5.74, 6) is -0.216. The molecule has 0 aliphatic rings. The molecule has 2 aromatic rings. The summed E-state index contributed by atoms with van der Waals surface area (Å²) >= 11 is 13.5. The zero-order valence-electron chi connectivity index (χ0n) is 11.6. The Morgan fingerprint density at radius 3 is 2.45 bits per heavy atom. The maximum atomic E-state index is 14.4. The molecule has 1 N–H and O–H groups in total. The van der Waals surface area contributed by atoms with Crippen LogP contribution in [0.1, 0.15) is 35.2 Å². The molecule has 0 spiro atoms. The molecule has 1 nitrogen and oxygen atoms in total. The lowest BCUT2D eigenvalue weighted by Crippen LogP contribution is -2.23. The second-order valence-corrected chi connectivity index (χ2v) is 7.03. The maximum Gasteiger partial charge on any atom is 0.128 e. The van der Waals surface area contributed by atoms with E-state index in [9.17, 15) is 4.39 Å². The number of hydrogen-bond donors (Lipinski definition) is 1. The third-order valence-corrected chi connectivity index (χ3v) is 4.69. The fourth-order valence-electron chi connectivity index (χ4n) is 2.41. The smallest absolute Gasteiger partial charge is 0.128 e. The van der Waals surface area contributed by atoms with Crippen LogP contribution in [0.3, 0.4) is 0 Å². The molecule has 0 saturated carbocycles. The van der Waals surface area contributed by atoms with Crippen molar-refractivity contribution in [2.45, 2.75) is 26.8 Å². The lowest BCUT2D eigenvalue weighted by Gasteiger charge is -2.21. The zero-order chi connectivity index (χ0) is 14.9. The Morgan fingerprint density at radius 2 is 1.95 bits per heavy atom. The van der Waals surface area contributed by atoms with Crippen molar-refractivity contribution in [2.24, 2.45) is 0 Å². The first-order valence-corrected chi connectivity index (χ1v) is 7.96. The van der Waals surface area contributed by atoms with Crippen molar-refractivity contribution in [3.63, 3.8) is 0 Å². The second kappa shape index (κ2) is 6.44. The van der Waals surface area contributed by atoms with Gasteiger partial charge in [0.15, 0.2) is 0 Å². The lowest BCUT2D eigenvalue weighted by atomic mass is 9.94. The van der Waals surface area contributed by atoms with Gasteiger partial charge in [0, 0.05) is 11.1 Å². The number of aryl methyl sites for hydroxylation is 2. The standard InChI is InChI=1S/C15H16Cl2FNS/c1-4-19-14(10-7-12(16)20-15(10)17)13-9(3)5-8(2)6-11(13)18/h5-7,14,19H,4H2,1-3H3. The van der Waals surface area contributed by atoms with Gasteiger partial charge in [-0.2, -0.15) is 0 Å². The van der Waals surface area contributed by atoms with Gasteiger partial charge in [-0.3, -0.25) is 0 Å². The Morgan fingerprint density at radius 1 is 1.25 bits per heavy atom. The number of halogens is 3. The van der Waals surface area contributed by atoms with E-state index in [-0.39, 0.29) is 11.9 Å². The fraction of sp³-hybridized carbons (Fsp3) is 0.333. The summed E-state index contributed by atoms with van der Waals surface area (Å²) in [5, 5.41) is 3.29. The Hall–Kier alpha value is -0.610. The topological polar surface area (TPSA) is 12.0 Å². The highest BCUT2D eigenvalue weighted by Crippen LogP contribution is 2.39. The van der Waals surface area contributed by atoms with Crippen molar-refractivity contribution in [1.29, 1.82) is 0 Å². The fourth-order valence-corrected chi connectivity index (χ4v) is 3.95. The molecule has 0 fully saturated rings. The molecular weight excluding hydrogens is 316 g/mol. The first kappa shape index (κ1) is 15.8. The van der Waals surface area contributed by atoms with Crippen molar-refractivity contribution in [2.75, 3.05) is 6.54 Å². The first-order chi connectivity index (χ1) is 9.43. The molecule has 1 unspecified atom stereocenters. The molecule has 1 aromatic carbocycles. The largest absolute Gasteiger partial charge is 0.306 e. The number of hydrogen-bond acceptors (Lipinski definition) is 2. The zero-order valence-corrected chi connectivity index (χ0v) is 13.9. The predicted octanol–water partition coefficient (Wildman–Crippen LogP) is 5.51. The van der Waals surface area contributed by atoms with E-state index in [0.29, 0.717) is 20.8 Å². The average Bonchev–Trinajstić information content (AvgIpc) is 2.66. The van der Waals surface area contributed by atoms with Gasteiger partial charge in [0.25, 0.3) is 0 Å². The van der Waals surface area contributed by atoms with E-state index in [1.54, 1.807) is 12.1 Å². The predicted molar refractivity (Wildman–Crippen MR) is 85.7 cm³/mol. The Labute approximate surface area is 132 Å². The van der Waals surface area contributed by atoms with Crippen LogP contribution in [0.25, 0.3) is 0 Å². The molecule has 0 aliphatic carbocycles. The van der Waals surface area contributed by atoms with Crippen LogP contribution >= 0.6 is 34.5 Å². The minimum absolute atomic E-state index is 0.216. The first-order valence-electron chi connectivity index (χ1n) is 6.38. The van der Waals surface area contributed by atoms with Crippen LogP contribution in [0.2, 0.25) is 8.67 Å². The van der Waals surface area contributed by atoms with Crippen LogP contribution in [-0.4, -0.2) is 6.54 Å². The van der Waals surface area contributed by atoms with Crippen LogP contribution in [0.15, 0.2) is 18.2 Å². The van der Waals surface area contributed by atoms with E-state index in [4.69, 9.17) is 23.2 Å². The highest BCUT2D eigenvalue weighted by molar-refractivity contribution is 7.20. The van der Waals surface area contributed by atoms with Gasteiger partial charge in [-0.05, 0) is 43.7 Å². The molecular formula is C15H16Cl2FNS. The van der Waals surface area contributed by atoms with E-state index < -0.39 is 0 Å². The summed E-state index contributed by atoms with van der Waals surface area (Å²) in [6.07, 6.45) is 0. The van der Waals surface area contributed by atoms with E-state index in [1.165, 1.54) is 11.3 Å². The molecule has 0 radical (unpaired) electrons. The van der Waals surface area contributed by atoms with Gasteiger partial charge in [0.2, 0.25) is 0 Å². The van der Waals surface area contributed by atoms with Gasteiger partial charge in [-0.15, -0.1) is 11.3 Å². The summed E-state index contributed by atoms with van der Waals surface area (Å²) in [4.78, 5) is 0. The van der Waals surface area contributed by atoms with Gasteiger partial charge in [-0.1, -0.05) is 36.2 Å². The van der Waals surface area contributed by atoms with Crippen LogP contribution in [0.4, 0.5) is 4.39 Å². The Bertz CT molecular complexity index is 601. The molecule has 0 aliphatic heterocycles. The third kappa shape index (κ3) is 3.17. The van der Waals surface area contributed by atoms with Gasteiger partial charge in [0.05, 0.1) is 14.7 Å². The summed E-state index contributed by atoms with van der Waals surface area (Å²) < 4.78 is 15.6. The SMILES string of the molecule is CCNC(c1cc(Cl)sc1Cl)c1c(C)cc(C)cc1F. The highest BCUT2D eigenvalue weighted by atomic mass is 35.5. The summed E-state index contributed by atoms with van der Waals surface area (Å²) in [6.45, 7) is 6.49. The normalized spacial score (nSPS) is 12.7. The van der Waals surface area contributed by atoms with Crippen molar-refractivity contribution in [3.05, 3.63) is 54.9 Å². The van der Waals surface area contributed by atoms with Crippen molar-refractivity contribution in [3.8, 4) is 0 Å². The minimum atomic E-state index is -0.281. The van der Waals surface area contributed by atoms with Gasteiger partial charge in [0.1, 0.15) is 5.82 Å². The second-order valence-electron chi connectivity index (χ2n) is 4.75. The van der Waals surface area contributed by atoms with Crippen LogP contribution < -0.4 is 5.32 Å². The Kier molecular flexibility index (Phi) is 5.08. The summed E-state index contributed by atoms with van der Waals surface area (Å²) in [7, 11) is 0. The Balaban J connectivity index is 2.57. The molecule has 1 heterocycles. The molecule has 1 aromatic heterocycles. The minimum Gasteiger partial charge on any atom is -0.306 e. The average molecular weight is 332 g/mol. The molecule has 20 heavy (non-hydrogen) atoms. The monoisotopic (exact) mass is 331 g/mol. The lowest BCUT2D eigenvalue weighted by molar-refractivity contribution is 0.556. The van der Waals surface area contributed by atoms with Crippen LogP contribution in [0.5, 0.6) is 0 Å². The molecule has 108 valence electrons.